The van der Waals surface area contributed by atoms with Crippen molar-refractivity contribution in [3.8, 4) is 11.5 Å². The molecular weight excluding hydrogens is 648 g/mol. The molecule has 0 amide bonds. The van der Waals surface area contributed by atoms with E-state index < -0.39 is 13.7 Å². The van der Waals surface area contributed by atoms with Crippen LogP contribution in [0.25, 0.3) is 0 Å². The molecule has 0 saturated carbocycles. The van der Waals surface area contributed by atoms with Gasteiger partial charge >= 0.3 is 13.7 Å². The summed E-state index contributed by atoms with van der Waals surface area (Å²) in [5.74, 6) is 2.20. The maximum absolute atomic E-state index is 12.3. The molecule has 0 bridgehead atoms. The summed E-state index contributed by atoms with van der Waals surface area (Å²) in [6.07, 6.45) is -3.44. The molecule has 0 radical (unpaired) electrons. The van der Waals surface area contributed by atoms with Gasteiger partial charge in [0.25, 0.3) is 0 Å². The number of rotatable bonds is 14. The van der Waals surface area contributed by atoms with Crippen LogP contribution in [0.15, 0.2) is 60.7 Å². The monoisotopic (exact) mass is 686 g/mol. The fourth-order valence-electron chi connectivity index (χ4n) is 2.40. The SMILES string of the molecule is CCN(CC)CC.NCCCl.O=P(Cl)(Cl)Oc1ccccc1.O=P(NCCCl)(NCCCl)Oc1ccccc1. The highest BCUT2D eigenvalue weighted by Gasteiger charge is 2.22. The number of nitrogens with one attached hydrogen (secondary N) is 2. The third-order valence-corrected chi connectivity index (χ3v) is 7.39. The fourth-order valence-corrected chi connectivity index (χ4v) is 5.17. The van der Waals surface area contributed by atoms with Crippen molar-refractivity contribution < 1.29 is 18.2 Å². The third kappa shape index (κ3) is 26.4. The Balaban J connectivity index is 0. The van der Waals surface area contributed by atoms with Crippen LogP contribution in [0.4, 0.5) is 0 Å². The van der Waals surface area contributed by atoms with E-state index in [0.29, 0.717) is 48.8 Å². The maximum Gasteiger partial charge on any atom is 0.428 e. The van der Waals surface area contributed by atoms with Gasteiger partial charge in [0.1, 0.15) is 11.5 Å². The van der Waals surface area contributed by atoms with E-state index in [1.165, 1.54) is 19.6 Å². The molecule has 0 fully saturated rings. The van der Waals surface area contributed by atoms with Crippen LogP contribution in [0.3, 0.4) is 0 Å². The molecule has 2 aromatic rings. The number of alkyl halides is 3. The van der Waals surface area contributed by atoms with E-state index >= 15 is 0 Å². The van der Waals surface area contributed by atoms with Gasteiger partial charge in [0.2, 0.25) is 0 Å². The quantitative estimate of drug-likeness (QED) is 0.135. The highest BCUT2D eigenvalue weighted by molar-refractivity contribution is 8.05. The van der Waals surface area contributed by atoms with Crippen molar-refractivity contribution in [2.45, 2.75) is 20.8 Å². The molecule has 8 nitrogen and oxygen atoms in total. The molecule has 226 valence electrons. The van der Waals surface area contributed by atoms with Gasteiger partial charge in [0.15, 0.2) is 0 Å². The average molecular weight is 689 g/mol. The van der Waals surface area contributed by atoms with Crippen LogP contribution in [0.1, 0.15) is 20.8 Å². The van der Waals surface area contributed by atoms with Crippen molar-refractivity contribution in [3.63, 3.8) is 0 Å². The summed E-state index contributed by atoms with van der Waals surface area (Å²) < 4.78 is 33.1. The molecule has 2 rings (SSSR count). The van der Waals surface area contributed by atoms with Gasteiger partial charge in [-0.05, 0) is 43.9 Å². The van der Waals surface area contributed by atoms with Gasteiger partial charge in [-0.15, -0.1) is 34.8 Å². The van der Waals surface area contributed by atoms with E-state index in [1.54, 1.807) is 42.5 Å². The lowest BCUT2D eigenvalue weighted by atomic mass is 10.3. The summed E-state index contributed by atoms with van der Waals surface area (Å²) in [6.45, 7) is 11.5. The predicted octanol–water partition coefficient (Wildman–Crippen LogP) is 8.01. The van der Waals surface area contributed by atoms with Gasteiger partial charge in [-0.1, -0.05) is 57.2 Å². The van der Waals surface area contributed by atoms with Crippen molar-refractivity contribution in [1.29, 1.82) is 0 Å². The molecule has 0 unspecified atom stereocenters. The first-order valence-corrected chi connectivity index (χ1v) is 18.9. The number of nitrogens with zero attached hydrogens (tertiary/aromatic N) is 1. The van der Waals surface area contributed by atoms with Crippen molar-refractivity contribution in [3.05, 3.63) is 60.7 Å². The van der Waals surface area contributed by atoms with E-state index in [0.717, 1.165) is 0 Å². The predicted molar refractivity (Wildman–Crippen MR) is 172 cm³/mol. The van der Waals surface area contributed by atoms with Crippen molar-refractivity contribution >= 4 is 71.0 Å². The molecule has 0 spiro atoms. The Morgan fingerprint density at radius 1 is 0.718 bits per heavy atom. The first-order chi connectivity index (χ1) is 18.5. The molecule has 0 aliphatic carbocycles. The molecule has 0 aromatic heterocycles. The molecular formula is C24H41Cl5N4O4P2. The van der Waals surface area contributed by atoms with E-state index in [2.05, 4.69) is 40.4 Å². The molecule has 4 N–H and O–H groups in total. The first kappa shape index (κ1) is 40.9. The normalized spacial score (nSPS) is 10.7. The lowest BCUT2D eigenvalue weighted by molar-refractivity contribution is 0.321. The second kappa shape index (κ2) is 26.7. The summed E-state index contributed by atoms with van der Waals surface area (Å²) in [6, 6.07) is 17.5. The van der Waals surface area contributed by atoms with Crippen LogP contribution in [0.5, 0.6) is 11.5 Å². The topological polar surface area (TPSA) is 106 Å². The smallest absolute Gasteiger partial charge is 0.422 e. The second-order valence-electron chi connectivity index (χ2n) is 7.07. The Morgan fingerprint density at radius 3 is 1.33 bits per heavy atom. The molecule has 0 saturated heterocycles. The second-order valence-corrected chi connectivity index (χ2v) is 14.3. The van der Waals surface area contributed by atoms with E-state index in [9.17, 15) is 9.13 Å². The molecule has 15 heteroatoms. The van der Waals surface area contributed by atoms with Gasteiger partial charge in [-0.25, -0.2) is 19.3 Å². The maximum atomic E-state index is 12.3. The minimum absolute atomic E-state index is 0.352. The number of nitrogens with two attached hydrogens (primary N) is 1. The molecule has 0 aliphatic heterocycles. The highest BCUT2D eigenvalue weighted by atomic mass is 35.9. The number of hydrogen-bond acceptors (Lipinski definition) is 6. The zero-order chi connectivity index (χ0) is 30.0. The standard InChI is InChI=1S/C10H15Cl2N2O2P.C6H5Cl2O2P.C6H15N.C2H6ClN/c11-6-8-13-17(15,14-9-7-12)16-10-4-2-1-3-5-10;7-11(8,9)10-6-4-2-1-3-5-6;1-4-7(5-2)6-3;3-1-2-4/h1-5H,6-9H2,(H2,13,14,15);1-5H;4-6H2,1-3H3;1-2,4H2. The van der Waals surface area contributed by atoms with Crippen LogP contribution in [0.2, 0.25) is 0 Å². The summed E-state index contributed by atoms with van der Waals surface area (Å²) in [5.41, 5.74) is 4.90. The summed E-state index contributed by atoms with van der Waals surface area (Å²) in [7, 11) is -3.14. The van der Waals surface area contributed by atoms with Gasteiger partial charge in [0.05, 0.1) is 0 Å². The van der Waals surface area contributed by atoms with Crippen LogP contribution in [-0.2, 0) is 9.13 Å². The van der Waals surface area contributed by atoms with E-state index in [-0.39, 0.29) is 0 Å². The highest BCUT2D eigenvalue weighted by Crippen LogP contribution is 2.56. The van der Waals surface area contributed by atoms with Crippen LogP contribution >= 0.6 is 71.0 Å². The van der Waals surface area contributed by atoms with Crippen LogP contribution in [0, 0.1) is 0 Å². The number of para-hydroxylation sites is 2. The Bertz CT molecular complexity index is 879. The molecule has 0 atom stereocenters. The fraction of sp³-hybridized carbons (Fsp3) is 0.500. The van der Waals surface area contributed by atoms with Crippen molar-refractivity contribution in [2.24, 2.45) is 5.73 Å². The number of benzene rings is 2. The lowest BCUT2D eigenvalue weighted by Gasteiger charge is -2.20. The van der Waals surface area contributed by atoms with E-state index in [1.807, 2.05) is 18.2 Å². The van der Waals surface area contributed by atoms with E-state index in [4.69, 9.17) is 67.5 Å². The zero-order valence-corrected chi connectivity index (χ0v) is 28.1. The van der Waals surface area contributed by atoms with Gasteiger partial charge in [-0.3, -0.25) is 0 Å². The lowest BCUT2D eigenvalue weighted by Crippen LogP contribution is -2.28. The molecule has 0 heterocycles. The van der Waals surface area contributed by atoms with Gasteiger partial charge < -0.3 is 19.7 Å². The zero-order valence-electron chi connectivity index (χ0n) is 22.6. The molecule has 0 aliphatic rings. The number of hydrogen-bond donors (Lipinski definition) is 3. The van der Waals surface area contributed by atoms with Crippen molar-refractivity contribution in [1.82, 2.24) is 15.1 Å². The Kier molecular flexibility index (Phi) is 28.0. The Labute approximate surface area is 258 Å². The summed E-state index contributed by atoms with van der Waals surface area (Å²) in [4.78, 5) is 2.38. The first-order valence-electron chi connectivity index (χ1n) is 12.2. The van der Waals surface area contributed by atoms with Crippen molar-refractivity contribution in [2.75, 3.05) is 56.9 Å². The summed E-state index contributed by atoms with van der Waals surface area (Å²) in [5, 5.41) is 5.52. The number of halogens is 5. The van der Waals surface area contributed by atoms with Gasteiger partial charge in [0, 0.05) is 59.8 Å². The van der Waals surface area contributed by atoms with Crippen LogP contribution < -0.4 is 25.0 Å². The Morgan fingerprint density at radius 2 is 1.08 bits per heavy atom. The largest absolute Gasteiger partial charge is 0.428 e. The molecule has 2 aromatic carbocycles. The molecule has 39 heavy (non-hydrogen) atoms. The average Bonchev–Trinajstić information content (AvgIpc) is 2.93. The third-order valence-electron chi connectivity index (χ3n) is 4.21. The minimum Gasteiger partial charge on any atom is -0.422 e. The van der Waals surface area contributed by atoms with Gasteiger partial charge in [-0.2, -0.15) is 0 Å². The minimum atomic E-state index is -3.44. The van der Waals surface area contributed by atoms with Crippen LogP contribution in [-0.4, -0.2) is 61.8 Å². The Hall–Kier alpha value is -0.210. The summed E-state index contributed by atoms with van der Waals surface area (Å²) >= 11 is 26.5.